The molecular formula is C68H109N21O18S2. The van der Waals surface area contributed by atoms with Crippen molar-refractivity contribution in [3.8, 4) is 0 Å². The van der Waals surface area contributed by atoms with Gasteiger partial charge in [-0.25, -0.2) is 0 Å². The number of unbranched alkanes of at least 4 members (excludes halogenated alkanes) is 1. The van der Waals surface area contributed by atoms with Crippen LogP contribution in [0.5, 0.6) is 0 Å². The summed E-state index contributed by atoms with van der Waals surface area (Å²) in [6, 6.07) is -0.578. The number of thiol groups is 2. The molecule has 14 atom stereocenters. The lowest BCUT2D eigenvalue weighted by Gasteiger charge is -2.30. The zero-order valence-electron chi connectivity index (χ0n) is 61.5. The lowest BCUT2D eigenvalue weighted by molar-refractivity contribution is -0.142. The van der Waals surface area contributed by atoms with Gasteiger partial charge >= 0.3 is 5.97 Å². The fourth-order valence-corrected chi connectivity index (χ4v) is 10.8. The highest BCUT2D eigenvalue weighted by molar-refractivity contribution is 7.80. The number of nitrogens with two attached hydrogens (primary N) is 6. The first-order chi connectivity index (χ1) is 51.8. The Morgan fingerprint density at radius 2 is 0.844 bits per heavy atom. The standard InChI is InChI=1S/C68H109N21O18S2/c1-5-37(3)54(88-58(99)43(22-13-14-24-69)80-52(94)31-77-51(93)30-78-57(98)45(27-39-17-9-7-10-18-39)82-63(104)49(35-108)86-62(103)48(34-92)85-56(97)42(70)33-91)65(106)84-47(29-53(95)96)61(102)81-44(23-16-26-76-68(73)74)59(100)89-55(38(4)6-2)66(107)87-50(36-109)64(105)83-46(28-40-19-11-8-12-20-40)60(101)79-41(32-90)21-15-25-75-67(71)72/h7-12,17-20,32,37-38,41-50,54-55,91-92,108-109H,5-6,13-16,21-31,33-36,69-70H2,1-4H3,(H,77,93)(H,78,98)(H,79,101)(H,80,94)(H,81,102)(H,82,104)(H,83,105)(H,84,106)(H,85,97)(H,86,103)(H,87,107)(H,88,99)(H,89,100)(H,95,96)(H4,71,72,75)(H4,73,74,76)/t37-,38-,41-,42-,43-,44-,45-,46-,47-,48-,49-,50-,54-,55-/m0/s1. The Morgan fingerprint density at radius 3 is 1.29 bits per heavy atom. The molecule has 0 spiro atoms. The Bertz CT molecular complexity index is 3380. The molecule has 13 amide bonds. The fraction of sp³-hybridized carbons (Fsp3) is 0.574. The highest BCUT2D eigenvalue weighted by atomic mass is 32.1. The number of carboxylic acid groups (broad SMARTS) is 1. The zero-order valence-corrected chi connectivity index (χ0v) is 63.3. The number of guanidine groups is 2. The fourth-order valence-electron chi connectivity index (χ4n) is 10.3. The van der Waals surface area contributed by atoms with Gasteiger partial charge in [0.1, 0.15) is 72.7 Å². The number of rotatable bonds is 53. The van der Waals surface area contributed by atoms with Gasteiger partial charge in [0.2, 0.25) is 76.8 Å². The van der Waals surface area contributed by atoms with Crippen molar-refractivity contribution < 1.29 is 87.2 Å². The SMILES string of the molecule is CC[C@H](C)[C@H](NC(=O)[C@H](CCCCN)NC(=O)CNC(=O)CNC(=O)[C@H](Cc1ccccc1)NC(=O)[C@H](CS)NC(=O)[C@H](CO)NC(=O)[C@@H](N)CO)C(=O)N[C@@H](CC(=O)O)C(=O)N[C@@H](CCCN=C(N)N)C(=O)N[C@H](C(=O)N[C@@H](CS)C(=O)N[C@@H](Cc1ccccc1)C(=O)N[C@H](C=O)CCCN=C(N)N)[C@@H](C)CC. The van der Waals surface area contributed by atoms with Crippen molar-refractivity contribution >= 4 is 126 Å². The van der Waals surface area contributed by atoms with Crippen LogP contribution in [-0.4, -0.2) is 246 Å². The molecule has 606 valence electrons. The summed E-state index contributed by atoms with van der Waals surface area (Å²) >= 11 is 8.45. The number of hydrogen-bond donors (Lipinski definition) is 24. The van der Waals surface area contributed by atoms with Crippen molar-refractivity contribution in [2.45, 2.75) is 177 Å². The number of carbonyl (C=O) groups excluding carboxylic acids is 14. The van der Waals surface area contributed by atoms with Crippen molar-refractivity contribution in [2.24, 2.45) is 56.2 Å². The number of aliphatic hydroxyl groups excluding tert-OH is 2. The molecule has 0 heterocycles. The van der Waals surface area contributed by atoms with Crippen molar-refractivity contribution in [3.05, 3.63) is 71.8 Å². The number of amides is 13. The number of carbonyl (C=O) groups is 15. The van der Waals surface area contributed by atoms with Gasteiger partial charge in [0.15, 0.2) is 11.9 Å². The molecule has 0 aliphatic carbocycles. The third kappa shape index (κ3) is 36.5. The molecular weight excluding hydrogens is 1460 g/mol. The Hall–Kier alpha value is -10.2. The minimum Gasteiger partial charge on any atom is -0.481 e. The van der Waals surface area contributed by atoms with Crippen LogP contribution in [0.25, 0.3) is 0 Å². The molecule has 0 bridgehead atoms. The zero-order chi connectivity index (χ0) is 81.7. The monoisotopic (exact) mass is 1570 g/mol. The molecule has 0 aromatic heterocycles. The number of aldehydes is 1. The Labute approximate surface area is 642 Å². The van der Waals surface area contributed by atoms with Crippen LogP contribution >= 0.6 is 25.3 Å². The third-order valence-corrected chi connectivity index (χ3v) is 17.6. The second kappa shape index (κ2) is 51.9. The number of benzene rings is 2. The average Bonchev–Trinajstić information content (AvgIpc) is 0.849. The molecule has 2 aromatic carbocycles. The van der Waals surface area contributed by atoms with Gasteiger partial charge in [-0.1, -0.05) is 101 Å². The molecule has 0 aliphatic rings. The van der Waals surface area contributed by atoms with E-state index in [4.69, 9.17) is 34.4 Å². The number of nitrogens with zero attached hydrogens (tertiary/aromatic N) is 2. The van der Waals surface area contributed by atoms with E-state index in [1.807, 2.05) is 0 Å². The van der Waals surface area contributed by atoms with Crippen LogP contribution in [0, 0.1) is 11.8 Å². The van der Waals surface area contributed by atoms with Gasteiger partial charge < -0.3 is 124 Å². The van der Waals surface area contributed by atoms with Crippen molar-refractivity contribution in [2.75, 3.05) is 57.4 Å². The van der Waals surface area contributed by atoms with Crippen molar-refractivity contribution in [1.29, 1.82) is 0 Å². The number of hydrogen-bond acceptors (Lipinski definition) is 23. The van der Waals surface area contributed by atoms with E-state index in [2.05, 4.69) is 104 Å². The van der Waals surface area contributed by atoms with E-state index in [0.29, 0.717) is 30.3 Å². The quantitative estimate of drug-likeness (QED) is 0.00962. The highest BCUT2D eigenvalue weighted by Gasteiger charge is 2.38. The van der Waals surface area contributed by atoms with Crippen LogP contribution in [-0.2, 0) is 84.8 Å². The van der Waals surface area contributed by atoms with E-state index in [9.17, 15) is 87.2 Å². The summed E-state index contributed by atoms with van der Waals surface area (Å²) in [5.74, 6) is -16.5. The van der Waals surface area contributed by atoms with Gasteiger partial charge in [0.25, 0.3) is 0 Å². The summed E-state index contributed by atoms with van der Waals surface area (Å²) in [4.78, 5) is 211. The summed E-state index contributed by atoms with van der Waals surface area (Å²) in [5, 5.41) is 61.2. The molecule has 0 radical (unpaired) electrons. The summed E-state index contributed by atoms with van der Waals surface area (Å²) in [7, 11) is 0. The molecule has 28 N–H and O–H groups in total. The number of aliphatic hydroxyl groups is 2. The van der Waals surface area contributed by atoms with E-state index in [0.717, 1.165) is 0 Å². The maximum atomic E-state index is 14.5. The van der Waals surface area contributed by atoms with E-state index in [1.165, 1.54) is 0 Å². The molecule has 0 unspecified atom stereocenters. The average molecular weight is 1570 g/mol. The van der Waals surface area contributed by atoms with Crippen LogP contribution in [0.1, 0.15) is 103 Å². The summed E-state index contributed by atoms with van der Waals surface area (Å²) in [6.45, 7) is 3.58. The molecule has 109 heavy (non-hydrogen) atoms. The summed E-state index contributed by atoms with van der Waals surface area (Å²) in [6.07, 6.45) is 0.500. The summed E-state index contributed by atoms with van der Waals surface area (Å²) in [5.41, 5.74) is 34.3. The van der Waals surface area contributed by atoms with Gasteiger partial charge in [0, 0.05) is 37.4 Å². The molecule has 0 fully saturated rings. The van der Waals surface area contributed by atoms with Crippen LogP contribution in [0.4, 0.5) is 0 Å². The van der Waals surface area contributed by atoms with E-state index in [1.54, 1.807) is 88.4 Å². The molecule has 0 aliphatic heterocycles. The predicted molar refractivity (Wildman–Crippen MR) is 407 cm³/mol. The Balaban J connectivity index is 2.36. The number of aliphatic imine (C=N–C) groups is 2. The first-order valence-electron chi connectivity index (χ1n) is 35.4. The van der Waals surface area contributed by atoms with Crippen molar-refractivity contribution in [1.82, 2.24) is 69.1 Å². The van der Waals surface area contributed by atoms with Gasteiger partial charge in [0.05, 0.1) is 38.8 Å². The second-order valence-corrected chi connectivity index (χ2v) is 26.3. The van der Waals surface area contributed by atoms with E-state index >= 15 is 0 Å². The number of nitrogens with one attached hydrogen (secondary N) is 13. The molecule has 0 saturated carbocycles. The topological polar surface area (TPSA) is 654 Å². The summed E-state index contributed by atoms with van der Waals surface area (Å²) < 4.78 is 0. The van der Waals surface area contributed by atoms with Crippen LogP contribution in [0.3, 0.4) is 0 Å². The lowest BCUT2D eigenvalue weighted by atomic mass is 9.96. The van der Waals surface area contributed by atoms with Gasteiger partial charge in [-0.15, -0.1) is 0 Å². The predicted octanol–water partition coefficient (Wildman–Crippen LogP) is -7.79. The molecule has 41 heteroatoms. The van der Waals surface area contributed by atoms with Crippen LogP contribution in [0.2, 0.25) is 0 Å². The normalized spacial score (nSPS) is 14.8. The minimum absolute atomic E-state index is 0.00179. The number of aliphatic carboxylic acids is 1. The third-order valence-electron chi connectivity index (χ3n) is 16.9. The lowest BCUT2D eigenvalue weighted by Crippen LogP contribution is -2.62. The molecule has 2 aromatic rings. The molecule has 0 saturated heterocycles. The van der Waals surface area contributed by atoms with Gasteiger partial charge in [-0.2, -0.15) is 25.3 Å². The maximum Gasteiger partial charge on any atom is 0.305 e. The minimum atomic E-state index is -1.95. The smallest absolute Gasteiger partial charge is 0.305 e. The van der Waals surface area contributed by atoms with Crippen LogP contribution < -0.4 is 104 Å². The van der Waals surface area contributed by atoms with E-state index in [-0.39, 0.29) is 101 Å². The van der Waals surface area contributed by atoms with Crippen LogP contribution in [0.15, 0.2) is 70.6 Å². The Morgan fingerprint density at radius 1 is 0.450 bits per heavy atom. The second-order valence-electron chi connectivity index (χ2n) is 25.5. The molecule has 2 rings (SSSR count). The van der Waals surface area contributed by atoms with Crippen molar-refractivity contribution in [3.63, 3.8) is 0 Å². The molecule has 39 nitrogen and oxygen atoms in total. The highest BCUT2D eigenvalue weighted by Crippen LogP contribution is 2.15. The van der Waals surface area contributed by atoms with Gasteiger partial charge in [-0.3, -0.25) is 77.1 Å². The number of carboxylic acids is 1. The van der Waals surface area contributed by atoms with E-state index < -0.39 is 200 Å². The first kappa shape index (κ1) is 94.8. The first-order valence-corrected chi connectivity index (χ1v) is 36.7. The maximum absolute atomic E-state index is 14.5. The Kier molecular flexibility index (Phi) is 45.2. The largest absolute Gasteiger partial charge is 0.481 e. The van der Waals surface area contributed by atoms with Gasteiger partial charge in [-0.05, 0) is 74.5 Å².